The van der Waals surface area contributed by atoms with Crippen LogP contribution < -0.4 is 15.6 Å². The first-order chi connectivity index (χ1) is 15.9. The van der Waals surface area contributed by atoms with Gasteiger partial charge in [-0.05, 0) is 24.3 Å². The summed E-state index contributed by atoms with van der Waals surface area (Å²) in [5.41, 5.74) is -0.698. The fourth-order valence-corrected chi connectivity index (χ4v) is 3.77. The lowest BCUT2D eigenvalue weighted by Crippen LogP contribution is -2.60. The number of carbonyl (C=O) groups excluding carboxylic acids is 1. The molecule has 1 aromatic heterocycles. The maximum absolute atomic E-state index is 12.2. The predicted octanol–water partition coefficient (Wildman–Crippen LogP) is 0.616. The number of hydrogen-bond acceptors (Lipinski definition) is 10. The third kappa shape index (κ3) is 5.14. The number of aliphatic hydroxyl groups excluding tert-OH is 1. The van der Waals surface area contributed by atoms with E-state index in [0.717, 1.165) is 4.68 Å². The molecule has 0 bridgehead atoms. The molecular weight excluding hydrogens is 432 g/mol. The first-order valence-electron chi connectivity index (χ1n) is 10.2. The molecule has 11 nitrogen and oxygen atoms in total. The number of ether oxygens (including phenoxy) is 4. The summed E-state index contributed by atoms with van der Waals surface area (Å²) < 4.78 is 22.5. The van der Waals surface area contributed by atoms with Gasteiger partial charge in [0.05, 0.1) is 51.0 Å². The van der Waals surface area contributed by atoms with Crippen LogP contribution in [-0.2, 0) is 25.5 Å². The van der Waals surface area contributed by atoms with Crippen LogP contribution in [0.1, 0.15) is 23.6 Å². The number of esters is 1. The molecule has 11 heteroatoms. The molecule has 0 fully saturated rings. The van der Waals surface area contributed by atoms with Gasteiger partial charge in [-0.15, -0.1) is 0 Å². The van der Waals surface area contributed by atoms with E-state index in [1.807, 2.05) is 0 Å². The van der Waals surface area contributed by atoms with Crippen LogP contribution in [0, 0.1) is 11.3 Å². The smallest absolute Gasteiger partial charge is 0.307 e. The molecule has 1 aliphatic heterocycles. The van der Waals surface area contributed by atoms with E-state index >= 15 is 0 Å². The quantitative estimate of drug-likeness (QED) is 0.513. The third-order valence-electron chi connectivity index (χ3n) is 5.34. The maximum Gasteiger partial charge on any atom is 0.307 e. The second-order valence-corrected chi connectivity index (χ2v) is 7.57. The van der Waals surface area contributed by atoms with Crippen molar-refractivity contribution in [3.8, 4) is 11.8 Å². The second kappa shape index (κ2) is 10.4. The fourth-order valence-electron chi connectivity index (χ4n) is 3.77. The van der Waals surface area contributed by atoms with Crippen molar-refractivity contribution in [3.63, 3.8) is 0 Å². The SMILES string of the molecule is COCC1(COC)Oc2ccc(C#N)cc2[C@@H](Nc2ccc(=O)n(CCC(=O)OC)n2)[C@@H]1O. The number of benzene rings is 1. The number of fused-ring (bicyclic) bond motifs is 1. The Morgan fingerprint density at radius 3 is 2.64 bits per heavy atom. The van der Waals surface area contributed by atoms with Gasteiger partial charge < -0.3 is 29.4 Å². The van der Waals surface area contributed by atoms with Crippen molar-refractivity contribution in [1.29, 1.82) is 5.26 Å². The Bertz CT molecular complexity index is 1090. The Balaban J connectivity index is 2.00. The molecule has 1 aliphatic rings. The molecule has 176 valence electrons. The standard InChI is InChI=1S/C22H26N4O7/c1-30-12-22(13-31-2)21(29)20(15-10-14(11-23)4-5-16(15)33-22)24-17-6-7-18(27)26(25-17)9-8-19(28)32-3/h4-7,10,20-21,29H,8-9,12-13H2,1-3H3,(H,24,25)/t20-,21+/m1/s1. The number of rotatable bonds is 9. The molecule has 33 heavy (non-hydrogen) atoms. The van der Waals surface area contributed by atoms with E-state index in [1.54, 1.807) is 18.2 Å². The summed E-state index contributed by atoms with van der Waals surface area (Å²) >= 11 is 0. The van der Waals surface area contributed by atoms with E-state index in [-0.39, 0.29) is 32.0 Å². The molecular formula is C22H26N4O7. The molecule has 2 heterocycles. The number of anilines is 1. The van der Waals surface area contributed by atoms with E-state index in [4.69, 9.17) is 14.2 Å². The zero-order valence-corrected chi connectivity index (χ0v) is 18.6. The Kier molecular flexibility index (Phi) is 7.65. The first kappa shape index (κ1) is 24.2. The zero-order chi connectivity index (χ0) is 24.0. The number of carbonyl (C=O) groups is 1. The van der Waals surface area contributed by atoms with Crippen molar-refractivity contribution in [3.05, 3.63) is 51.8 Å². The van der Waals surface area contributed by atoms with Gasteiger partial charge in [-0.2, -0.15) is 10.4 Å². The molecule has 0 spiro atoms. The Labute approximate surface area is 190 Å². The van der Waals surface area contributed by atoms with Crippen LogP contribution in [0.15, 0.2) is 35.1 Å². The first-order valence-corrected chi connectivity index (χ1v) is 10.2. The number of aryl methyl sites for hydroxylation is 1. The number of hydrogen-bond donors (Lipinski definition) is 2. The summed E-state index contributed by atoms with van der Waals surface area (Å²) in [4.78, 5) is 23.6. The van der Waals surface area contributed by atoms with Crippen LogP contribution in [0.5, 0.6) is 5.75 Å². The minimum absolute atomic E-state index is 0.0219. The largest absolute Gasteiger partial charge is 0.479 e. The summed E-state index contributed by atoms with van der Waals surface area (Å²) in [7, 11) is 4.24. The Hall–Kier alpha value is -3.46. The van der Waals surface area contributed by atoms with Gasteiger partial charge in [-0.25, -0.2) is 4.68 Å². The summed E-state index contributed by atoms with van der Waals surface area (Å²) in [6, 6.07) is 8.97. The van der Waals surface area contributed by atoms with Crippen molar-refractivity contribution in [2.75, 3.05) is 39.9 Å². The lowest BCUT2D eigenvalue weighted by molar-refractivity contribution is -0.142. The third-order valence-corrected chi connectivity index (χ3v) is 5.34. The van der Waals surface area contributed by atoms with Crippen molar-refractivity contribution in [2.45, 2.75) is 30.7 Å². The summed E-state index contributed by atoms with van der Waals surface area (Å²) in [6.45, 7) is 0.0984. The van der Waals surface area contributed by atoms with Crippen molar-refractivity contribution in [2.24, 2.45) is 0 Å². The van der Waals surface area contributed by atoms with Crippen LogP contribution in [0.2, 0.25) is 0 Å². The molecule has 2 atom stereocenters. The van der Waals surface area contributed by atoms with Gasteiger partial charge in [0.1, 0.15) is 17.7 Å². The predicted molar refractivity (Wildman–Crippen MR) is 116 cm³/mol. The molecule has 0 amide bonds. The monoisotopic (exact) mass is 458 g/mol. The van der Waals surface area contributed by atoms with Gasteiger partial charge in [0.2, 0.25) is 0 Å². The number of nitriles is 1. The Morgan fingerprint density at radius 2 is 2.00 bits per heavy atom. The highest BCUT2D eigenvalue weighted by molar-refractivity contribution is 5.68. The van der Waals surface area contributed by atoms with E-state index in [9.17, 15) is 20.0 Å². The molecule has 0 unspecified atom stereocenters. The van der Waals surface area contributed by atoms with Crippen LogP contribution >= 0.6 is 0 Å². The van der Waals surface area contributed by atoms with Gasteiger partial charge in [0.15, 0.2) is 5.60 Å². The van der Waals surface area contributed by atoms with E-state index < -0.39 is 29.3 Å². The van der Waals surface area contributed by atoms with Crippen LogP contribution in [-0.4, -0.2) is 67.1 Å². The Morgan fingerprint density at radius 1 is 1.27 bits per heavy atom. The average molecular weight is 458 g/mol. The van der Waals surface area contributed by atoms with E-state index in [0.29, 0.717) is 16.9 Å². The number of aromatic nitrogens is 2. The number of nitrogens with one attached hydrogen (secondary N) is 1. The summed E-state index contributed by atoms with van der Waals surface area (Å²) in [5.74, 6) is 0.260. The molecule has 2 aromatic rings. The van der Waals surface area contributed by atoms with Crippen LogP contribution in [0.25, 0.3) is 0 Å². The number of methoxy groups -OCH3 is 3. The minimum atomic E-state index is -1.23. The maximum atomic E-state index is 12.2. The number of aliphatic hydroxyl groups is 1. The minimum Gasteiger partial charge on any atom is -0.479 e. The molecule has 0 radical (unpaired) electrons. The average Bonchev–Trinajstić information content (AvgIpc) is 2.82. The van der Waals surface area contributed by atoms with E-state index in [1.165, 1.54) is 33.5 Å². The van der Waals surface area contributed by atoms with Gasteiger partial charge in [-0.1, -0.05) is 0 Å². The van der Waals surface area contributed by atoms with Gasteiger partial charge in [-0.3, -0.25) is 9.59 Å². The van der Waals surface area contributed by atoms with Crippen molar-refractivity contribution < 1.29 is 28.8 Å². The lowest BCUT2D eigenvalue weighted by Gasteiger charge is -2.45. The highest BCUT2D eigenvalue weighted by Gasteiger charge is 2.50. The highest BCUT2D eigenvalue weighted by atomic mass is 16.6. The van der Waals surface area contributed by atoms with Crippen LogP contribution in [0.4, 0.5) is 5.82 Å². The topological polar surface area (TPSA) is 145 Å². The highest BCUT2D eigenvalue weighted by Crippen LogP contribution is 2.42. The number of nitrogens with zero attached hydrogens (tertiary/aromatic N) is 3. The van der Waals surface area contributed by atoms with Gasteiger partial charge in [0.25, 0.3) is 5.56 Å². The van der Waals surface area contributed by atoms with Gasteiger partial charge in [0, 0.05) is 25.8 Å². The van der Waals surface area contributed by atoms with Gasteiger partial charge >= 0.3 is 5.97 Å². The fraction of sp³-hybridized carbons (Fsp3) is 0.455. The molecule has 0 saturated carbocycles. The summed E-state index contributed by atoms with van der Waals surface area (Å²) in [6.07, 6.45) is -1.19. The normalized spacial score (nSPS) is 18.5. The van der Waals surface area contributed by atoms with E-state index in [2.05, 4.69) is 21.2 Å². The van der Waals surface area contributed by atoms with Crippen molar-refractivity contribution >= 4 is 11.8 Å². The van der Waals surface area contributed by atoms with Crippen LogP contribution in [0.3, 0.4) is 0 Å². The second-order valence-electron chi connectivity index (χ2n) is 7.57. The zero-order valence-electron chi connectivity index (χ0n) is 18.6. The summed E-state index contributed by atoms with van der Waals surface area (Å²) in [5, 5.41) is 28.1. The molecule has 2 N–H and O–H groups in total. The lowest BCUT2D eigenvalue weighted by atomic mass is 9.84. The molecule has 3 rings (SSSR count). The van der Waals surface area contributed by atoms with Crippen molar-refractivity contribution in [1.82, 2.24) is 9.78 Å². The molecule has 0 aliphatic carbocycles. The molecule has 0 saturated heterocycles. The molecule has 1 aromatic carbocycles.